The van der Waals surface area contributed by atoms with Crippen molar-refractivity contribution in [2.24, 2.45) is 17.6 Å². The molecule has 1 atom stereocenters. The van der Waals surface area contributed by atoms with Crippen LogP contribution in [0.4, 0.5) is 5.69 Å². The van der Waals surface area contributed by atoms with E-state index in [2.05, 4.69) is 46.5 Å². The van der Waals surface area contributed by atoms with Gasteiger partial charge in [0.05, 0.1) is 6.54 Å². The monoisotopic (exact) mass is 399 g/mol. The summed E-state index contributed by atoms with van der Waals surface area (Å²) in [5.41, 5.74) is 8.35. The van der Waals surface area contributed by atoms with Gasteiger partial charge in [0.2, 0.25) is 5.91 Å². The molecule has 1 unspecified atom stereocenters. The van der Waals surface area contributed by atoms with E-state index in [4.69, 9.17) is 5.73 Å². The number of carbonyl (C=O) groups is 1. The number of nitrogens with two attached hydrogens (primary N) is 1. The zero-order chi connectivity index (χ0) is 19.2. The molecule has 1 heterocycles. The first-order valence-corrected chi connectivity index (χ1v) is 9.13. The van der Waals surface area contributed by atoms with E-state index in [-0.39, 0.29) is 30.2 Å². The normalized spacial score (nSPS) is 11.7. The first kappa shape index (κ1) is 21.6. The van der Waals surface area contributed by atoms with Crippen molar-refractivity contribution in [2.75, 3.05) is 5.32 Å². The summed E-state index contributed by atoms with van der Waals surface area (Å²) >= 11 is 0. The van der Waals surface area contributed by atoms with Gasteiger partial charge in [0.25, 0.3) is 0 Å². The molecule has 0 bridgehead atoms. The standard InChI is InChI=1S/C21H25N5O.ClH/c1-14(2)18(12-15-6-4-3-5-7-15)21(27)23-17-10-8-16(9-11-17)20-24-19(13-22)25-26-20;/h3-11,14,18H,12-13,22H2,1-2H3,(H,23,27)(H,24,25,26);1H. The van der Waals surface area contributed by atoms with Gasteiger partial charge in [-0.1, -0.05) is 44.2 Å². The van der Waals surface area contributed by atoms with Crippen molar-refractivity contribution < 1.29 is 4.79 Å². The molecule has 0 fully saturated rings. The number of aromatic amines is 1. The number of amides is 1. The van der Waals surface area contributed by atoms with Crippen molar-refractivity contribution in [3.05, 3.63) is 66.0 Å². The van der Waals surface area contributed by atoms with Gasteiger partial charge < -0.3 is 11.1 Å². The highest BCUT2D eigenvalue weighted by Gasteiger charge is 2.22. The van der Waals surface area contributed by atoms with Crippen molar-refractivity contribution in [1.82, 2.24) is 15.2 Å². The average molecular weight is 400 g/mol. The lowest BCUT2D eigenvalue weighted by molar-refractivity contribution is -0.121. The topological polar surface area (TPSA) is 96.7 Å². The Morgan fingerprint density at radius 1 is 1.11 bits per heavy atom. The Morgan fingerprint density at radius 2 is 1.79 bits per heavy atom. The average Bonchev–Trinajstić information content (AvgIpc) is 3.16. The lowest BCUT2D eigenvalue weighted by Crippen LogP contribution is -2.28. The molecule has 6 nitrogen and oxygen atoms in total. The number of aromatic nitrogens is 3. The van der Waals surface area contributed by atoms with E-state index in [0.29, 0.717) is 18.2 Å². The number of hydrogen-bond acceptors (Lipinski definition) is 4. The van der Waals surface area contributed by atoms with Gasteiger partial charge in [0.15, 0.2) is 5.82 Å². The number of rotatable bonds is 7. The van der Waals surface area contributed by atoms with Crippen LogP contribution < -0.4 is 11.1 Å². The summed E-state index contributed by atoms with van der Waals surface area (Å²) in [4.78, 5) is 17.1. The van der Waals surface area contributed by atoms with Crippen LogP contribution in [0.3, 0.4) is 0 Å². The number of nitrogens with zero attached hydrogens (tertiary/aromatic N) is 2. The maximum atomic E-state index is 12.8. The molecule has 3 aromatic rings. The molecule has 1 aromatic heterocycles. The predicted octanol–water partition coefficient (Wildman–Crippen LogP) is 3.81. The quantitative estimate of drug-likeness (QED) is 0.562. The van der Waals surface area contributed by atoms with E-state index >= 15 is 0 Å². The number of benzene rings is 2. The van der Waals surface area contributed by atoms with Gasteiger partial charge in [-0.05, 0) is 42.2 Å². The Labute approximate surface area is 171 Å². The van der Waals surface area contributed by atoms with Crippen molar-refractivity contribution in [2.45, 2.75) is 26.8 Å². The Morgan fingerprint density at radius 3 is 2.36 bits per heavy atom. The van der Waals surface area contributed by atoms with Crippen LogP contribution >= 0.6 is 12.4 Å². The second-order valence-corrected chi connectivity index (χ2v) is 6.92. The molecule has 0 aliphatic carbocycles. The first-order valence-electron chi connectivity index (χ1n) is 9.13. The first-order chi connectivity index (χ1) is 13.1. The minimum Gasteiger partial charge on any atom is -0.326 e. The van der Waals surface area contributed by atoms with E-state index in [1.807, 2.05) is 42.5 Å². The highest BCUT2D eigenvalue weighted by molar-refractivity contribution is 5.93. The fraction of sp³-hybridized carbons (Fsp3) is 0.286. The Bertz CT molecular complexity index is 877. The fourth-order valence-electron chi connectivity index (χ4n) is 2.95. The lowest BCUT2D eigenvalue weighted by atomic mass is 9.88. The summed E-state index contributed by atoms with van der Waals surface area (Å²) in [6, 6.07) is 17.6. The molecule has 0 aliphatic heterocycles. The van der Waals surface area contributed by atoms with Gasteiger partial charge in [-0.3, -0.25) is 9.89 Å². The number of halogens is 1. The Balaban J connectivity index is 0.00000280. The molecule has 7 heteroatoms. The van der Waals surface area contributed by atoms with Crippen LogP contribution in [0.2, 0.25) is 0 Å². The molecule has 0 saturated heterocycles. The highest BCUT2D eigenvalue weighted by atomic mass is 35.5. The van der Waals surface area contributed by atoms with Crippen LogP contribution in [0, 0.1) is 11.8 Å². The van der Waals surface area contributed by atoms with Gasteiger partial charge in [-0.2, -0.15) is 5.10 Å². The third-order valence-electron chi connectivity index (χ3n) is 4.58. The maximum absolute atomic E-state index is 12.8. The van der Waals surface area contributed by atoms with Gasteiger partial charge >= 0.3 is 0 Å². The summed E-state index contributed by atoms with van der Waals surface area (Å²) in [5, 5.41) is 9.97. The van der Waals surface area contributed by atoms with Gasteiger partial charge in [0.1, 0.15) is 5.82 Å². The second-order valence-electron chi connectivity index (χ2n) is 6.92. The van der Waals surface area contributed by atoms with E-state index < -0.39 is 0 Å². The molecule has 0 radical (unpaired) electrons. The molecule has 148 valence electrons. The van der Waals surface area contributed by atoms with Crippen LogP contribution in [-0.2, 0) is 17.8 Å². The molecule has 0 aliphatic rings. The molecular weight excluding hydrogens is 374 g/mol. The van der Waals surface area contributed by atoms with E-state index in [9.17, 15) is 4.79 Å². The molecule has 2 aromatic carbocycles. The van der Waals surface area contributed by atoms with Crippen LogP contribution in [0.5, 0.6) is 0 Å². The van der Waals surface area contributed by atoms with Crippen molar-refractivity contribution in [3.63, 3.8) is 0 Å². The minimum absolute atomic E-state index is 0. The molecule has 28 heavy (non-hydrogen) atoms. The van der Waals surface area contributed by atoms with Gasteiger partial charge in [0, 0.05) is 17.2 Å². The SMILES string of the molecule is CC(C)C(Cc1ccccc1)C(=O)Nc1ccc(-c2n[nH]c(CN)n2)cc1.Cl. The summed E-state index contributed by atoms with van der Waals surface area (Å²) in [6.45, 7) is 4.47. The van der Waals surface area contributed by atoms with Crippen molar-refractivity contribution >= 4 is 24.0 Å². The molecule has 0 spiro atoms. The molecule has 3 rings (SSSR count). The number of carbonyl (C=O) groups excluding carboxylic acids is 1. The smallest absolute Gasteiger partial charge is 0.228 e. The van der Waals surface area contributed by atoms with Crippen molar-refractivity contribution in [1.29, 1.82) is 0 Å². The predicted molar refractivity (Wildman–Crippen MR) is 114 cm³/mol. The minimum atomic E-state index is -0.0906. The van der Waals surface area contributed by atoms with E-state index in [0.717, 1.165) is 17.7 Å². The Kier molecular flexibility index (Phi) is 7.72. The van der Waals surface area contributed by atoms with Crippen LogP contribution in [-0.4, -0.2) is 21.1 Å². The van der Waals surface area contributed by atoms with Crippen LogP contribution in [0.1, 0.15) is 25.2 Å². The molecule has 0 saturated carbocycles. The van der Waals surface area contributed by atoms with Crippen LogP contribution in [0.15, 0.2) is 54.6 Å². The summed E-state index contributed by atoms with van der Waals surface area (Å²) in [6.07, 6.45) is 0.724. The fourth-order valence-corrected chi connectivity index (χ4v) is 2.95. The molecular formula is C21H26ClN5O. The number of anilines is 1. The summed E-state index contributed by atoms with van der Waals surface area (Å²) in [7, 11) is 0. The third kappa shape index (κ3) is 5.41. The third-order valence-corrected chi connectivity index (χ3v) is 4.58. The molecule has 4 N–H and O–H groups in total. The number of H-pyrrole nitrogens is 1. The maximum Gasteiger partial charge on any atom is 0.228 e. The zero-order valence-electron chi connectivity index (χ0n) is 16.1. The molecule has 1 amide bonds. The number of nitrogens with one attached hydrogen (secondary N) is 2. The summed E-state index contributed by atoms with van der Waals surface area (Å²) in [5.74, 6) is 1.42. The largest absolute Gasteiger partial charge is 0.326 e. The zero-order valence-corrected chi connectivity index (χ0v) is 16.9. The van der Waals surface area contributed by atoms with Gasteiger partial charge in [-0.25, -0.2) is 4.98 Å². The lowest BCUT2D eigenvalue weighted by Gasteiger charge is -2.20. The highest BCUT2D eigenvalue weighted by Crippen LogP contribution is 2.22. The van der Waals surface area contributed by atoms with Crippen LogP contribution in [0.25, 0.3) is 11.4 Å². The number of hydrogen-bond donors (Lipinski definition) is 3. The van der Waals surface area contributed by atoms with Crippen molar-refractivity contribution in [3.8, 4) is 11.4 Å². The summed E-state index contributed by atoms with van der Waals surface area (Å²) < 4.78 is 0. The Hall–Kier alpha value is -2.70. The second kappa shape index (κ2) is 10.0. The van der Waals surface area contributed by atoms with E-state index in [1.54, 1.807) is 0 Å². The van der Waals surface area contributed by atoms with E-state index in [1.165, 1.54) is 5.56 Å². The van der Waals surface area contributed by atoms with Gasteiger partial charge in [-0.15, -0.1) is 12.4 Å².